The standard InChI is InChI=1S/C13H28/c1-11(2)9-7-6-8-10-13(5)12(3)4/h11-13H,6-10H2,1-5H3/t13-/m0/s1. The van der Waals surface area contributed by atoms with Crippen molar-refractivity contribution >= 4 is 0 Å². The van der Waals surface area contributed by atoms with Gasteiger partial charge in [0.05, 0.1) is 0 Å². The molecule has 0 fully saturated rings. The molecule has 0 amide bonds. The molecule has 1 atom stereocenters. The normalized spacial score (nSPS) is 14.1. The Kier molecular flexibility index (Phi) is 7.41. The molecule has 0 aromatic heterocycles. The Morgan fingerprint density at radius 3 is 1.69 bits per heavy atom. The van der Waals surface area contributed by atoms with Crippen LogP contribution in [0, 0.1) is 17.8 Å². The zero-order valence-corrected chi connectivity index (χ0v) is 10.3. The molecule has 13 heavy (non-hydrogen) atoms. The van der Waals surface area contributed by atoms with E-state index in [4.69, 9.17) is 0 Å². The first-order valence-corrected chi connectivity index (χ1v) is 6.04. The quantitative estimate of drug-likeness (QED) is 0.494. The molecular weight excluding hydrogens is 156 g/mol. The van der Waals surface area contributed by atoms with E-state index in [2.05, 4.69) is 34.6 Å². The minimum Gasteiger partial charge on any atom is -0.0628 e. The highest BCUT2D eigenvalue weighted by Crippen LogP contribution is 2.18. The van der Waals surface area contributed by atoms with Gasteiger partial charge in [0.1, 0.15) is 0 Å². The Bertz CT molecular complexity index is 103. The lowest BCUT2D eigenvalue weighted by Gasteiger charge is -2.14. The molecule has 0 rings (SSSR count). The van der Waals surface area contributed by atoms with E-state index in [9.17, 15) is 0 Å². The van der Waals surface area contributed by atoms with Gasteiger partial charge in [0, 0.05) is 0 Å². The first-order chi connectivity index (χ1) is 6.04. The summed E-state index contributed by atoms with van der Waals surface area (Å²) in [5, 5.41) is 0. The van der Waals surface area contributed by atoms with Gasteiger partial charge < -0.3 is 0 Å². The topological polar surface area (TPSA) is 0 Å². The van der Waals surface area contributed by atoms with E-state index in [1.54, 1.807) is 0 Å². The molecule has 0 heterocycles. The maximum Gasteiger partial charge on any atom is -0.0420 e. The summed E-state index contributed by atoms with van der Waals surface area (Å²) in [6, 6.07) is 0. The van der Waals surface area contributed by atoms with E-state index in [1.807, 2.05) is 0 Å². The third-order valence-electron chi connectivity index (χ3n) is 3.08. The van der Waals surface area contributed by atoms with E-state index in [-0.39, 0.29) is 0 Å². The van der Waals surface area contributed by atoms with E-state index in [1.165, 1.54) is 32.1 Å². The molecule has 0 radical (unpaired) electrons. The van der Waals surface area contributed by atoms with Gasteiger partial charge in [-0.25, -0.2) is 0 Å². The molecule has 0 heteroatoms. The number of hydrogen-bond acceptors (Lipinski definition) is 0. The first-order valence-electron chi connectivity index (χ1n) is 6.04. The van der Waals surface area contributed by atoms with Gasteiger partial charge >= 0.3 is 0 Å². The summed E-state index contributed by atoms with van der Waals surface area (Å²) < 4.78 is 0. The van der Waals surface area contributed by atoms with Crippen LogP contribution >= 0.6 is 0 Å². The predicted octanol–water partition coefficient (Wildman–Crippen LogP) is 4.89. The molecular formula is C13H28. The smallest absolute Gasteiger partial charge is 0.0420 e. The van der Waals surface area contributed by atoms with Crippen molar-refractivity contribution in [2.75, 3.05) is 0 Å². The average Bonchev–Trinajstić information content (AvgIpc) is 2.02. The van der Waals surface area contributed by atoms with Crippen molar-refractivity contribution in [3.05, 3.63) is 0 Å². The lowest BCUT2D eigenvalue weighted by molar-refractivity contribution is 0.372. The molecule has 0 unspecified atom stereocenters. The van der Waals surface area contributed by atoms with Gasteiger partial charge in [0.2, 0.25) is 0 Å². The first kappa shape index (κ1) is 13.0. The van der Waals surface area contributed by atoms with Crippen molar-refractivity contribution in [2.45, 2.75) is 66.7 Å². The average molecular weight is 184 g/mol. The van der Waals surface area contributed by atoms with Crippen LogP contribution in [0.2, 0.25) is 0 Å². The molecule has 80 valence electrons. The molecule has 0 aliphatic heterocycles. The fraction of sp³-hybridized carbons (Fsp3) is 1.00. The summed E-state index contributed by atoms with van der Waals surface area (Å²) in [7, 11) is 0. The Balaban J connectivity index is 3.16. The van der Waals surface area contributed by atoms with Crippen molar-refractivity contribution in [2.24, 2.45) is 17.8 Å². The van der Waals surface area contributed by atoms with Crippen LogP contribution in [0.3, 0.4) is 0 Å². The third-order valence-corrected chi connectivity index (χ3v) is 3.08. The van der Waals surface area contributed by atoms with Crippen molar-refractivity contribution in [3.8, 4) is 0 Å². The van der Waals surface area contributed by atoms with Crippen molar-refractivity contribution in [1.82, 2.24) is 0 Å². The van der Waals surface area contributed by atoms with Gasteiger partial charge in [-0.1, -0.05) is 66.7 Å². The second-order valence-corrected chi connectivity index (χ2v) is 5.25. The van der Waals surface area contributed by atoms with Crippen LogP contribution in [0.4, 0.5) is 0 Å². The largest absolute Gasteiger partial charge is 0.0628 e. The Hall–Kier alpha value is 0. The number of unbranched alkanes of at least 4 members (excludes halogenated alkanes) is 2. The highest BCUT2D eigenvalue weighted by Gasteiger charge is 2.05. The molecule has 0 bridgehead atoms. The third kappa shape index (κ3) is 8.33. The number of rotatable bonds is 7. The van der Waals surface area contributed by atoms with E-state index >= 15 is 0 Å². The molecule has 0 saturated carbocycles. The molecule has 0 aromatic rings. The van der Waals surface area contributed by atoms with Gasteiger partial charge in [-0.3, -0.25) is 0 Å². The summed E-state index contributed by atoms with van der Waals surface area (Å²) in [6.07, 6.45) is 7.15. The molecule has 0 aliphatic carbocycles. The summed E-state index contributed by atoms with van der Waals surface area (Å²) >= 11 is 0. The zero-order chi connectivity index (χ0) is 10.3. The fourth-order valence-corrected chi connectivity index (χ4v) is 1.53. The zero-order valence-electron chi connectivity index (χ0n) is 10.3. The Labute approximate surface area is 85.1 Å². The summed E-state index contributed by atoms with van der Waals surface area (Å²) in [6.45, 7) is 11.7. The van der Waals surface area contributed by atoms with Gasteiger partial charge in [-0.05, 0) is 17.8 Å². The van der Waals surface area contributed by atoms with Gasteiger partial charge in [-0.2, -0.15) is 0 Å². The highest BCUT2D eigenvalue weighted by molar-refractivity contribution is 4.57. The molecule has 0 saturated heterocycles. The van der Waals surface area contributed by atoms with E-state index < -0.39 is 0 Å². The van der Waals surface area contributed by atoms with Crippen LogP contribution in [0.25, 0.3) is 0 Å². The van der Waals surface area contributed by atoms with E-state index in [0.29, 0.717) is 0 Å². The van der Waals surface area contributed by atoms with Crippen LogP contribution in [0.1, 0.15) is 66.7 Å². The SMILES string of the molecule is CC(C)CCCCC[C@H](C)C(C)C. The molecule has 0 N–H and O–H groups in total. The maximum absolute atomic E-state index is 2.38. The van der Waals surface area contributed by atoms with E-state index in [0.717, 1.165) is 17.8 Å². The second kappa shape index (κ2) is 7.41. The predicted molar refractivity (Wildman–Crippen MR) is 61.9 cm³/mol. The van der Waals surface area contributed by atoms with Gasteiger partial charge in [-0.15, -0.1) is 0 Å². The van der Waals surface area contributed by atoms with Gasteiger partial charge in [0.25, 0.3) is 0 Å². The monoisotopic (exact) mass is 184 g/mol. The Morgan fingerprint density at radius 2 is 1.23 bits per heavy atom. The van der Waals surface area contributed by atoms with Gasteiger partial charge in [0.15, 0.2) is 0 Å². The summed E-state index contributed by atoms with van der Waals surface area (Å²) in [4.78, 5) is 0. The molecule has 0 spiro atoms. The number of hydrogen-bond donors (Lipinski definition) is 0. The van der Waals surface area contributed by atoms with Crippen molar-refractivity contribution in [1.29, 1.82) is 0 Å². The molecule has 0 aliphatic rings. The van der Waals surface area contributed by atoms with Crippen LogP contribution in [-0.4, -0.2) is 0 Å². The molecule has 0 nitrogen and oxygen atoms in total. The second-order valence-electron chi connectivity index (χ2n) is 5.25. The summed E-state index contributed by atoms with van der Waals surface area (Å²) in [5.74, 6) is 2.67. The highest BCUT2D eigenvalue weighted by atomic mass is 14.1. The van der Waals surface area contributed by atoms with Crippen molar-refractivity contribution in [3.63, 3.8) is 0 Å². The van der Waals surface area contributed by atoms with Crippen molar-refractivity contribution < 1.29 is 0 Å². The van der Waals surface area contributed by atoms with Crippen LogP contribution in [0.15, 0.2) is 0 Å². The van der Waals surface area contributed by atoms with Crippen LogP contribution < -0.4 is 0 Å². The Morgan fingerprint density at radius 1 is 0.692 bits per heavy atom. The minimum absolute atomic E-state index is 0.866. The minimum atomic E-state index is 0.866. The fourth-order valence-electron chi connectivity index (χ4n) is 1.53. The maximum atomic E-state index is 2.38. The summed E-state index contributed by atoms with van der Waals surface area (Å²) in [5.41, 5.74) is 0. The van der Waals surface area contributed by atoms with Crippen LogP contribution in [0.5, 0.6) is 0 Å². The molecule has 0 aromatic carbocycles. The lowest BCUT2D eigenvalue weighted by atomic mass is 9.92. The lowest BCUT2D eigenvalue weighted by Crippen LogP contribution is -2.03. The van der Waals surface area contributed by atoms with Crippen LogP contribution in [-0.2, 0) is 0 Å².